The van der Waals surface area contributed by atoms with Gasteiger partial charge in [-0.25, -0.2) is 13.4 Å². The molecule has 0 aliphatic carbocycles. The third-order valence-corrected chi connectivity index (χ3v) is 6.39. The lowest BCUT2D eigenvalue weighted by molar-refractivity contribution is 0.177. The molecular weight excluding hydrogens is 360 g/mol. The summed E-state index contributed by atoms with van der Waals surface area (Å²) in [5.74, 6) is 1.02. The van der Waals surface area contributed by atoms with Crippen LogP contribution >= 0.6 is 0 Å². The molecule has 1 saturated heterocycles. The molecule has 6 nitrogen and oxygen atoms in total. The van der Waals surface area contributed by atoms with E-state index in [1.165, 1.54) is 11.8 Å². The maximum absolute atomic E-state index is 11.7. The second-order valence-corrected chi connectivity index (χ2v) is 9.01. The number of rotatable bonds is 5. The molecule has 1 aromatic heterocycles. The fraction of sp³-hybridized carbons (Fsp3) is 0.350. The fourth-order valence-corrected chi connectivity index (χ4v) is 4.43. The van der Waals surface area contributed by atoms with Crippen LogP contribution in [0.25, 0.3) is 11.0 Å². The normalized spacial score (nSPS) is 16.8. The highest BCUT2D eigenvalue weighted by Crippen LogP contribution is 2.20. The predicted molar refractivity (Wildman–Crippen MR) is 107 cm³/mol. The molecule has 1 fully saturated rings. The lowest BCUT2D eigenvalue weighted by atomic mass is 10.2. The van der Waals surface area contributed by atoms with Gasteiger partial charge in [-0.3, -0.25) is 4.90 Å². The molecule has 3 aromatic rings. The summed E-state index contributed by atoms with van der Waals surface area (Å²) in [6.45, 7) is 4.03. The van der Waals surface area contributed by atoms with Crippen LogP contribution in [0.1, 0.15) is 11.4 Å². The number of para-hydroxylation sites is 2. The van der Waals surface area contributed by atoms with E-state index in [9.17, 15) is 8.42 Å². The van der Waals surface area contributed by atoms with E-state index in [4.69, 9.17) is 4.98 Å². The van der Waals surface area contributed by atoms with Crippen LogP contribution in [0.2, 0.25) is 0 Å². The largest absolute Gasteiger partial charge is 0.322 e. The van der Waals surface area contributed by atoms with Crippen molar-refractivity contribution in [3.63, 3.8) is 0 Å². The van der Waals surface area contributed by atoms with Crippen molar-refractivity contribution < 1.29 is 8.42 Å². The van der Waals surface area contributed by atoms with Gasteiger partial charge in [0.1, 0.15) is 5.82 Å². The number of hydrogen-bond donors (Lipinski definition) is 0. The lowest BCUT2D eigenvalue weighted by Crippen LogP contribution is -2.48. The van der Waals surface area contributed by atoms with E-state index in [-0.39, 0.29) is 0 Å². The number of piperazine rings is 1. The molecule has 0 amide bonds. The van der Waals surface area contributed by atoms with E-state index >= 15 is 0 Å². The average molecular weight is 385 g/mol. The van der Waals surface area contributed by atoms with Crippen molar-refractivity contribution in [3.05, 3.63) is 66.0 Å². The molecule has 4 rings (SSSR count). The molecule has 2 aromatic carbocycles. The molecule has 2 heterocycles. The van der Waals surface area contributed by atoms with Gasteiger partial charge in [-0.1, -0.05) is 42.5 Å². The first kappa shape index (κ1) is 18.2. The van der Waals surface area contributed by atoms with Crippen LogP contribution in [-0.2, 0) is 23.1 Å². The smallest absolute Gasteiger partial charge is 0.211 e. The van der Waals surface area contributed by atoms with E-state index in [2.05, 4.69) is 39.8 Å². The number of sulfonamides is 1. The van der Waals surface area contributed by atoms with Crippen LogP contribution in [0.15, 0.2) is 54.6 Å². The number of benzene rings is 2. The molecule has 27 heavy (non-hydrogen) atoms. The maximum atomic E-state index is 11.7. The Morgan fingerprint density at radius 3 is 2.26 bits per heavy atom. The van der Waals surface area contributed by atoms with Crippen molar-refractivity contribution in [2.45, 2.75) is 13.1 Å². The molecule has 0 radical (unpaired) electrons. The fourth-order valence-electron chi connectivity index (χ4n) is 3.61. The molecule has 0 saturated carbocycles. The highest BCUT2D eigenvalue weighted by atomic mass is 32.2. The third kappa shape index (κ3) is 4.05. The quantitative estimate of drug-likeness (QED) is 0.676. The van der Waals surface area contributed by atoms with Crippen LogP contribution in [0.5, 0.6) is 0 Å². The van der Waals surface area contributed by atoms with Crippen molar-refractivity contribution in [2.24, 2.45) is 0 Å². The average Bonchev–Trinajstić information content (AvgIpc) is 3.00. The van der Waals surface area contributed by atoms with Crippen molar-refractivity contribution in [3.8, 4) is 0 Å². The van der Waals surface area contributed by atoms with Gasteiger partial charge in [0, 0.05) is 32.7 Å². The van der Waals surface area contributed by atoms with Gasteiger partial charge < -0.3 is 4.57 Å². The molecule has 7 heteroatoms. The zero-order valence-electron chi connectivity index (χ0n) is 15.5. The number of fused-ring (bicyclic) bond motifs is 1. The second kappa shape index (κ2) is 7.42. The monoisotopic (exact) mass is 384 g/mol. The summed E-state index contributed by atoms with van der Waals surface area (Å²) >= 11 is 0. The Morgan fingerprint density at radius 2 is 1.56 bits per heavy atom. The Balaban J connectivity index is 1.57. The van der Waals surface area contributed by atoms with Crippen molar-refractivity contribution in [1.82, 2.24) is 18.8 Å². The topological polar surface area (TPSA) is 58.4 Å². The third-order valence-electron chi connectivity index (χ3n) is 5.08. The lowest BCUT2D eigenvalue weighted by Gasteiger charge is -2.33. The zero-order chi connectivity index (χ0) is 18.9. The Bertz CT molecular complexity index is 1020. The predicted octanol–water partition coefficient (Wildman–Crippen LogP) is 2.16. The summed E-state index contributed by atoms with van der Waals surface area (Å²) in [5, 5.41) is 0. The number of nitrogens with zero attached hydrogens (tertiary/aromatic N) is 4. The molecular formula is C20H24N4O2S. The Morgan fingerprint density at radius 1 is 0.889 bits per heavy atom. The number of imidazole rings is 1. The second-order valence-electron chi connectivity index (χ2n) is 7.03. The van der Waals surface area contributed by atoms with Crippen LogP contribution in [0, 0.1) is 0 Å². The highest BCUT2D eigenvalue weighted by molar-refractivity contribution is 7.88. The van der Waals surface area contributed by atoms with Gasteiger partial charge in [-0.15, -0.1) is 0 Å². The molecule has 0 bridgehead atoms. The molecule has 0 unspecified atom stereocenters. The first-order valence-corrected chi connectivity index (χ1v) is 11.0. The molecule has 0 spiro atoms. The first-order chi connectivity index (χ1) is 13.0. The number of hydrogen-bond acceptors (Lipinski definition) is 4. The van der Waals surface area contributed by atoms with Crippen LogP contribution in [0.3, 0.4) is 0 Å². The van der Waals surface area contributed by atoms with Gasteiger partial charge in [0.05, 0.1) is 23.8 Å². The van der Waals surface area contributed by atoms with Gasteiger partial charge in [-0.05, 0) is 17.7 Å². The van der Waals surface area contributed by atoms with E-state index < -0.39 is 10.0 Å². The summed E-state index contributed by atoms with van der Waals surface area (Å²) in [7, 11) is -3.11. The summed E-state index contributed by atoms with van der Waals surface area (Å²) in [6.07, 6.45) is 1.28. The molecule has 142 valence electrons. The van der Waals surface area contributed by atoms with Gasteiger partial charge in [0.2, 0.25) is 10.0 Å². The summed E-state index contributed by atoms with van der Waals surface area (Å²) < 4.78 is 27.3. The SMILES string of the molecule is CS(=O)(=O)N1CCN(Cc2nc3ccccc3n2Cc2ccccc2)CC1. The van der Waals surface area contributed by atoms with Crippen LogP contribution in [0.4, 0.5) is 0 Å². The van der Waals surface area contributed by atoms with Gasteiger partial charge in [-0.2, -0.15) is 4.31 Å². The zero-order valence-corrected chi connectivity index (χ0v) is 16.3. The Kier molecular flexibility index (Phi) is 4.99. The van der Waals surface area contributed by atoms with Gasteiger partial charge in [0.15, 0.2) is 0 Å². The van der Waals surface area contributed by atoms with Gasteiger partial charge >= 0.3 is 0 Å². The van der Waals surface area contributed by atoms with Crippen LogP contribution < -0.4 is 0 Å². The highest BCUT2D eigenvalue weighted by Gasteiger charge is 2.24. The minimum absolute atomic E-state index is 0.539. The Labute approximate surface area is 160 Å². The van der Waals surface area contributed by atoms with Crippen LogP contribution in [-0.4, -0.2) is 59.6 Å². The number of aromatic nitrogens is 2. The maximum Gasteiger partial charge on any atom is 0.211 e. The molecule has 1 aliphatic heterocycles. The summed E-state index contributed by atoms with van der Waals surface area (Å²) in [5.41, 5.74) is 3.37. The van der Waals surface area contributed by atoms with Gasteiger partial charge in [0.25, 0.3) is 0 Å². The molecule has 1 aliphatic rings. The van der Waals surface area contributed by atoms with E-state index in [0.717, 1.165) is 43.0 Å². The minimum Gasteiger partial charge on any atom is -0.322 e. The van der Waals surface area contributed by atoms with Crippen molar-refractivity contribution >= 4 is 21.1 Å². The van der Waals surface area contributed by atoms with Crippen molar-refractivity contribution in [1.29, 1.82) is 0 Å². The first-order valence-electron chi connectivity index (χ1n) is 9.16. The standard InChI is InChI=1S/C20H24N4O2S/c1-27(25,26)23-13-11-22(12-14-23)16-20-21-18-9-5-6-10-19(18)24(20)15-17-7-3-2-4-8-17/h2-10H,11-16H2,1H3. The molecule has 0 atom stereocenters. The van der Waals surface area contributed by atoms with Crippen molar-refractivity contribution in [2.75, 3.05) is 32.4 Å². The van der Waals surface area contributed by atoms with E-state index in [0.29, 0.717) is 13.1 Å². The van der Waals surface area contributed by atoms with E-state index in [1.54, 1.807) is 4.31 Å². The summed E-state index contributed by atoms with van der Waals surface area (Å²) in [4.78, 5) is 7.14. The molecule has 0 N–H and O–H groups in total. The van der Waals surface area contributed by atoms with E-state index in [1.807, 2.05) is 24.3 Å². The minimum atomic E-state index is -3.11. The Hall–Kier alpha value is -2.22. The summed E-state index contributed by atoms with van der Waals surface area (Å²) in [6, 6.07) is 18.6.